The van der Waals surface area contributed by atoms with E-state index in [1.165, 1.54) is 12.1 Å². The first-order valence-electron chi connectivity index (χ1n) is 11.3. The van der Waals surface area contributed by atoms with Crippen molar-refractivity contribution in [2.75, 3.05) is 18.5 Å². The molecule has 0 aliphatic carbocycles. The van der Waals surface area contributed by atoms with Gasteiger partial charge in [-0.1, -0.05) is 12.1 Å². The topological polar surface area (TPSA) is 60.7 Å². The van der Waals surface area contributed by atoms with Crippen LogP contribution in [0.2, 0.25) is 0 Å². The molecule has 180 valence electrons. The molecule has 7 heteroatoms. The number of rotatable bonds is 8. The number of hydrogen-bond acceptors (Lipinski definition) is 4. The lowest BCUT2D eigenvalue weighted by molar-refractivity contribution is -0.111. The Morgan fingerprint density at radius 3 is 2.43 bits per heavy atom. The zero-order valence-corrected chi connectivity index (χ0v) is 19.7. The van der Waals surface area contributed by atoms with Crippen molar-refractivity contribution in [1.29, 1.82) is 0 Å². The standard InChI is InChI=1S/C28H25F2NO4/c1-4-33-20-9-6-18(7-10-20)23-16-35-27-15-26(34-5-2)21(14-22(23)27)17(3)12-28(32)31-25-11-8-19(29)13-24(25)30/h6-16H,4-5H2,1-3H3,(H,31,32)/b17-12+. The summed E-state index contributed by atoms with van der Waals surface area (Å²) in [5.41, 5.74) is 3.68. The van der Waals surface area contributed by atoms with Crippen LogP contribution in [0, 0.1) is 11.6 Å². The molecule has 0 spiro atoms. The molecular formula is C28H25F2NO4. The van der Waals surface area contributed by atoms with Crippen LogP contribution in [-0.2, 0) is 4.79 Å². The number of nitrogens with one attached hydrogen (secondary N) is 1. The Balaban J connectivity index is 1.69. The Morgan fingerprint density at radius 1 is 1.00 bits per heavy atom. The van der Waals surface area contributed by atoms with Crippen molar-refractivity contribution in [3.8, 4) is 22.6 Å². The number of anilines is 1. The van der Waals surface area contributed by atoms with E-state index >= 15 is 0 Å². The Bertz CT molecular complexity index is 1390. The minimum Gasteiger partial charge on any atom is -0.494 e. The van der Waals surface area contributed by atoms with Crippen molar-refractivity contribution in [2.45, 2.75) is 20.8 Å². The Morgan fingerprint density at radius 2 is 1.74 bits per heavy atom. The van der Waals surface area contributed by atoms with Crippen LogP contribution in [-0.4, -0.2) is 19.1 Å². The van der Waals surface area contributed by atoms with E-state index in [2.05, 4.69) is 5.32 Å². The third kappa shape index (κ3) is 5.35. The minimum atomic E-state index is -0.848. The highest BCUT2D eigenvalue weighted by atomic mass is 19.1. The number of amides is 1. The number of ether oxygens (including phenoxy) is 2. The molecule has 1 amide bonds. The molecule has 5 nitrogen and oxygen atoms in total. The molecule has 0 bridgehead atoms. The van der Waals surface area contributed by atoms with Gasteiger partial charge in [-0.3, -0.25) is 4.79 Å². The van der Waals surface area contributed by atoms with Crippen molar-refractivity contribution >= 4 is 28.1 Å². The third-order valence-electron chi connectivity index (χ3n) is 5.41. The number of benzene rings is 3. The van der Waals surface area contributed by atoms with E-state index in [4.69, 9.17) is 13.9 Å². The van der Waals surface area contributed by atoms with Crippen LogP contribution in [0.4, 0.5) is 14.5 Å². The van der Waals surface area contributed by atoms with E-state index in [0.29, 0.717) is 41.7 Å². The summed E-state index contributed by atoms with van der Waals surface area (Å²) in [5, 5.41) is 3.30. The number of carbonyl (C=O) groups is 1. The fourth-order valence-electron chi connectivity index (χ4n) is 3.79. The number of allylic oxidation sites excluding steroid dienone is 1. The molecule has 1 aromatic heterocycles. The van der Waals surface area contributed by atoms with Gasteiger partial charge in [0.15, 0.2) is 0 Å². The lowest BCUT2D eigenvalue weighted by atomic mass is 9.99. The lowest BCUT2D eigenvalue weighted by Crippen LogP contribution is -2.10. The molecule has 0 aliphatic heterocycles. The molecule has 0 aliphatic rings. The van der Waals surface area contributed by atoms with E-state index in [1.807, 2.05) is 44.2 Å². The SMILES string of the molecule is CCOc1ccc(-c2coc3cc(OCC)c(/C(C)=C/C(=O)Nc4ccc(F)cc4F)cc23)cc1. The Hall–Kier alpha value is -4.13. The van der Waals surface area contributed by atoms with E-state index in [1.54, 1.807) is 19.3 Å². The zero-order valence-electron chi connectivity index (χ0n) is 19.7. The first kappa shape index (κ1) is 24.0. The fraction of sp³-hybridized carbons (Fsp3) is 0.179. The van der Waals surface area contributed by atoms with Crippen LogP contribution >= 0.6 is 0 Å². The van der Waals surface area contributed by atoms with E-state index in [9.17, 15) is 13.6 Å². The summed E-state index contributed by atoms with van der Waals surface area (Å²) in [7, 11) is 0. The highest BCUT2D eigenvalue weighted by Gasteiger charge is 2.16. The molecule has 0 unspecified atom stereocenters. The van der Waals surface area contributed by atoms with Gasteiger partial charge < -0.3 is 19.2 Å². The normalized spacial score (nSPS) is 11.5. The number of hydrogen-bond donors (Lipinski definition) is 1. The predicted molar refractivity (Wildman–Crippen MR) is 133 cm³/mol. The van der Waals surface area contributed by atoms with Crippen LogP contribution in [0.1, 0.15) is 26.3 Å². The van der Waals surface area contributed by atoms with Crippen LogP contribution in [0.5, 0.6) is 11.5 Å². The Kier molecular flexibility index (Phi) is 7.15. The maximum atomic E-state index is 13.9. The maximum Gasteiger partial charge on any atom is 0.248 e. The van der Waals surface area contributed by atoms with Crippen molar-refractivity contribution in [3.05, 3.63) is 84.1 Å². The van der Waals surface area contributed by atoms with Crippen LogP contribution in [0.3, 0.4) is 0 Å². The largest absolute Gasteiger partial charge is 0.494 e. The zero-order chi connectivity index (χ0) is 24.9. The molecule has 1 N–H and O–H groups in total. The van der Waals surface area contributed by atoms with Crippen LogP contribution in [0.25, 0.3) is 27.7 Å². The molecule has 0 saturated heterocycles. The van der Waals surface area contributed by atoms with Crippen molar-refractivity contribution < 1.29 is 27.5 Å². The molecular weight excluding hydrogens is 452 g/mol. The summed E-state index contributed by atoms with van der Waals surface area (Å²) < 4.78 is 44.2. The van der Waals surface area contributed by atoms with Gasteiger partial charge in [0.1, 0.15) is 28.7 Å². The van der Waals surface area contributed by atoms with E-state index < -0.39 is 17.5 Å². The van der Waals surface area contributed by atoms with Crippen molar-refractivity contribution in [3.63, 3.8) is 0 Å². The van der Waals surface area contributed by atoms with Gasteiger partial charge in [-0.15, -0.1) is 0 Å². The maximum absolute atomic E-state index is 13.9. The van der Waals surface area contributed by atoms with Crippen molar-refractivity contribution in [1.82, 2.24) is 0 Å². The highest BCUT2D eigenvalue weighted by molar-refractivity contribution is 6.05. The average Bonchev–Trinajstić information content (AvgIpc) is 3.24. The van der Waals surface area contributed by atoms with Gasteiger partial charge in [-0.05, 0) is 62.2 Å². The van der Waals surface area contributed by atoms with Gasteiger partial charge in [0.05, 0.1) is 25.2 Å². The number of carbonyl (C=O) groups excluding carboxylic acids is 1. The lowest BCUT2D eigenvalue weighted by Gasteiger charge is -2.12. The van der Waals surface area contributed by atoms with Gasteiger partial charge in [0, 0.05) is 34.7 Å². The summed E-state index contributed by atoms with van der Waals surface area (Å²) in [5.74, 6) is -0.771. The monoisotopic (exact) mass is 477 g/mol. The smallest absolute Gasteiger partial charge is 0.248 e. The summed E-state index contributed by atoms with van der Waals surface area (Å²) in [6.45, 7) is 6.57. The molecule has 1 heterocycles. The van der Waals surface area contributed by atoms with Gasteiger partial charge in [0.25, 0.3) is 0 Å². The molecule has 0 saturated carbocycles. The molecule has 3 aromatic carbocycles. The predicted octanol–water partition coefficient (Wildman–Crippen LogP) is 7.22. The van der Waals surface area contributed by atoms with E-state index in [-0.39, 0.29) is 5.69 Å². The Labute approximate surface area is 202 Å². The van der Waals surface area contributed by atoms with Gasteiger partial charge in [0.2, 0.25) is 5.91 Å². The van der Waals surface area contributed by atoms with Gasteiger partial charge in [-0.25, -0.2) is 8.78 Å². The van der Waals surface area contributed by atoms with E-state index in [0.717, 1.165) is 28.3 Å². The molecule has 4 aromatic rings. The average molecular weight is 478 g/mol. The van der Waals surface area contributed by atoms with Crippen LogP contribution in [0.15, 0.2) is 71.4 Å². The quantitative estimate of drug-likeness (QED) is 0.272. The summed E-state index contributed by atoms with van der Waals surface area (Å²) in [6, 6.07) is 14.4. The second-order valence-electron chi connectivity index (χ2n) is 7.83. The number of furan rings is 1. The molecule has 35 heavy (non-hydrogen) atoms. The second kappa shape index (κ2) is 10.4. The van der Waals surface area contributed by atoms with Gasteiger partial charge in [-0.2, -0.15) is 0 Å². The molecule has 0 fully saturated rings. The van der Waals surface area contributed by atoms with Crippen LogP contribution < -0.4 is 14.8 Å². The second-order valence-corrected chi connectivity index (χ2v) is 7.83. The molecule has 0 radical (unpaired) electrons. The summed E-state index contributed by atoms with van der Waals surface area (Å²) in [4.78, 5) is 12.6. The fourth-order valence-corrected chi connectivity index (χ4v) is 3.79. The molecule has 0 atom stereocenters. The summed E-state index contributed by atoms with van der Waals surface area (Å²) in [6.07, 6.45) is 3.03. The van der Waals surface area contributed by atoms with Gasteiger partial charge >= 0.3 is 0 Å². The first-order chi connectivity index (χ1) is 16.9. The summed E-state index contributed by atoms with van der Waals surface area (Å²) >= 11 is 0. The highest BCUT2D eigenvalue weighted by Crippen LogP contribution is 2.38. The number of fused-ring (bicyclic) bond motifs is 1. The number of halogens is 2. The van der Waals surface area contributed by atoms with Crippen molar-refractivity contribution in [2.24, 2.45) is 0 Å². The minimum absolute atomic E-state index is 0.103. The third-order valence-corrected chi connectivity index (χ3v) is 5.41. The molecule has 4 rings (SSSR count). The first-order valence-corrected chi connectivity index (χ1v) is 11.3.